The van der Waals surface area contributed by atoms with Crippen LogP contribution >= 0.6 is 0 Å². The van der Waals surface area contributed by atoms with Crippen molar-refractivity contribution in [1.82, 2.24) is 4.90 Å². The van der Waals surface area contributed by atoms with Gasteiger partial charge in [-0.05, 0) is 39.0 Å². The van der Waals surface area contributed by atoms with Gasteiger partial charge in [-0.15, -0.1) is 0 Å². The Balaban J connectivity index is 2.69. The highest BCUT2D eigenvalue weighted by molar-refractivity contribution is 5.84. The molecule has 4 nitrogen and oxygen atoms in total. The van der Waals surface area contributed by atoms with E-state index in [4.69, 9.17) is 10.8 Å². The first-order valence-electron chi connectivity index (χ1n) is 6.59. The molecule has 0 aliphatic heterocycles. The van der Waals surface area contributed by atoms with Gasteiger partial charge >= 0.3 is 0 Å². The third-order valence-corrected chi connectivity index (χ3v) is 3.76. The molecule has 1 rings (SSSR count). The molecule has 1 fully saturated rings. The van der Waals surface area contributed by atoms with E-state index in [1.165, 1.54) is 0 Å². The van der Waals surface area contributed by atoms with Crippen LogP contribution < -0.4 is 5.73 Å². The van der Waals surface area contributed by atoms with Crippen molar-refractivity contribution < 1.29 is 9.90 Å². The molecule has 100 valence electrons. The third-order valence-electron chi connectivity index (χ3n) is 3.76. The molecular formula is C13H26N2O2. The Morgan fingerprint density at radius 2 is 2.12 bits per heavy atom. The van der Waals surface area contributed by atoms with Gasteiger partial charge in [0.05, 0.1) is 5.41 Å². The van der Waals surface area contributed by atoms with Crippen LogP contribution in [0.5, 0.6) is 0 Å². The molecule has 0 radical (unpaired) electrons. The number of nitrogens with two attached hydrogens (primary N) is 1. The van der Waals surface area contributed by atoms with Gasteiger partial charge in [-0.3, -0.25) is 4.79 Å². The van der Waals surface area contributed by atoms with Crippen molar-refractivity contribution in [1.29, 1.82) is 0 Å². The topological polar surface area (TPSA) is 66.6 Å². The van der Waals surface area contributed by atoms with Gasteiger partial charge in [0.2, 0.25) is 5.91 Å². The minimum absolute atomic E-state index is 0.128. The quantitative estimate of drug-likeness (QED) is 0.729. The molecule has 17 heavy (non-hydrogen) atoms. The monoisotopic (exact) mass is 242 g/mol. The Morgan fingerprint density at radius 3 is 2.47 bits per heavy atom. The van der Waals surface area contributed by atoms with Crippen LogP contribution in [0.25, 0.3) is 0 Å². The fourth-order valence-corrected chi connectivity index (χ4v) is 2.84. The molecule has 3 N–H and O–H groups in total. The second kappa shape index (κ2) is 5.83. The van der Waals surface area contributed by atoms with Gasteiger partial charge in [-0.25, -0.2) is 0 Å². The molecule has 4 heteroatoms. The lowest BCUT2D eigenvalue weighted by atomic mass is 9.61. The summed E-state index contributed by atoms with van der Waals surface area (Å²) in [6.07, 6.45) is 2.45. The van der Waals surface area contributed by atoms with E-state index in [9.17, 15) is 4.79 Å². The number of aliphatic hydroxyl groups excluding tert-OH is 1. The maximum atomic E-state index is 12.5. The average molecular weight is 242 g/mol. The van der Waals surface area contributed by atoms with Gasteiger partial charge in [-0.2, -0.15) is 0 Å². The zero-order valence-electron chi connectivity index (χ0n) is 11.3. The van der Waals surface area contributed by atoms with Crippen LogP contribution in [-0.4, -0.2) is 41.7 Å². The second-order valence-corrected chi connectivity index (χ2v) is 5.67. The summed E-state index contributed by atoms with van der Waals surface area (Å²) in [5.41, 5.74) is 5.48. The number of hydrogen-bond donors (Lipinski definition) is 2. The normalized spacial score (nSPS) is 28.0. The summed E-state index contributed by atoms with van der Waals surface area (Å²) < 4.78 is 0. The van der Waals surface area contributed by atoms with Crippen LogP contribution in [0.1, 0.15) is 40.0 Å². The average Bonchev–Trinajstić information content (AvgIpc) is 2.24. The van der Waals surface area contributed by atoms with Crippen LogP contribution in [0.3, 0.4) is 0 Å². The van der Waals surface area contributed by atoms with Crippen LogP contribution in [0, 0.1) is 11.3 Å². The largest absolute Gasteiger partial charge is 0.396 e. The Labute approximate surface area is 104 Å². The van der Waals surface area contributed by atoms with Crippen LogP contribution in [0.4, 0.5) is 0 Å². The lowest BCUT2D eigenvalue weighted by Crippen LogP contribution is -2.56. The lowest BCUT2D eigenvalue weighted by Gasteiger charge is -2.47. The Hall–Kier alpha value is -0.610. The third kappa shape index (κ3) is 2.99. The molecule has 1 amide bonds. The first kappa shape index (κ1) is 14.5. The highest BCUT2D eigenvalue weighted by atomic mass is 16.3. The number of aliphatic hydroxyl groups is 1. The molecule has 0 bridgehead atoms. The van der Waals surface area contributed by atoms with Crippen molar-refractivity contribution in [3.05, 3.63) is 0 Å². The van der Waals surface area contributed by atoms with Gasteiger partial charge in [0.15, 0.2) is 0 Å². The highest BCUT2D eigenvalue weighted by Gasteiger charge is 2.49. The molecule has 0 aromatic carbocycles. The molecule has 0 atom stereocenters. The van der Waals surface area contributed by atoms with E-state index < -0.39 is 0 Å². The molecule has 0 heterocycles. The van der Waals surface area contributed by atoms with Crippen LogP contribution in [-0.2, 0) is 4.79 Å². The van der Waals surface area contributed by atoms with Gasteiger partial charge in [0.1, 0.15) is 0 Å². The second-order valence-electron chi connectivity index (χ2n) is 5.67. The molecule has 0 aromatic rings. The molecule has 0 unspecified atom stereocenters. The fourth-order valence-electron chi connectivity index (χ4n) is 2.84. The summed E-state index contributed by atoms with van der Waals surface area (Å²) in [5.74, 6) is 0.788. The molecule has 1 aliphatic carbocycles. The molecular weight excluding hydrogens is 216 g/mol. The van der Waals surface area contributed by atoms with E-state index in [1.54, 1.807) is 0 Å². The minimum Gasteiger partial charge on any atom is -0.396 e. The number of rotatable bonds is 6. The van der Waals surface area contributed by atoms with E-state index in [2.05, 4.69) is 6.92 Å². The zero-order valence-corrected chi connectivity index (χ0v) is 11.3. The van der Waals surface area contributed by atoms with Crippen LogP contribution in [0.15, 0.2) is 0 Å². The van der Waals surface area contributed by atoms with Gasteiger partial charge in [0.25, 0.3) is 0 Å². The number of carbonyl (C=O) groups excluding carboxylic acids is 1. The molecule has 0 saturated heterocycles. The standard InChI is InChI=1S/C13H26N2O2/c1-10(2)15(5-4-6-16)12(17)13(9-14)7-11(3)8-13/h10-11,16H,4-9,14H2,1-3H3. The van der Waals surface area contributed by atoms with E-state index >= 15 is 0 Å². The van der Waals surface area contributed by atoms with Crippen molar-refractivity contribution >= 4 is 5.91 Å². The fraction of sp³-hybridized carbons (Fsp3) is 0.923. The Bertz CT molecular complexity index is 260. The highest BCUT2D eigenvalue weighted by Crippen LogP contribution is 2.46. The maximum Gasteiger partial charge on any atom is 0.230 e. The Morgan fingerprint density at radius 1 is 1.53 bits per heavy atom. The van der Waals surface area contributed by atoms with Crippen LogP contribution in [0.2, 0.25) is 0 Å². The smallest absolute Gasteiger partial charge is 0.230 e. The summed E-state index contributed by atoms with van der Waals surface area (Å²) in [6, 6.07) is 0.174. The van der Waals surface area contributed by atoms with Gasteiger partial charge in [-0.1, -0.05) is 6.92 Å². The lowest BCUT2D eigenvalue weighted by molar-refractivity contribution is -0.151. The van der Waals surface area contributed by atoms with Crippen molar-refractivity contribution in [2.75, 3.05) is 19.7 Å². The summed E-state index contributed by atoms with van der Waals surface area (Å²) in [4.78, 5) is 14.4. The number of hydrogen-bond acceptors (Lipinski definition) is 3. The van der Waals surface area contributed by atoms with E-state index in [0.29, 0.717) is 25.4 Å². The van der Waals surface area contributed by atoms with E-state index in [-0.39, 0.29) is 24.0 Å². The number of amides is 1. The molecule has 1 saturated carbocycles. The predicted molar refractivity (Wildman–Crippen MR) is 68.4 cm³/mol. The van der Waals surface area contributed by atoms with Crippen molar-refractivity contribution in [3.8, 4) is 0 Å². The predicted octanol–water partition coefficient (Wildman–Crippen LogP) is 0.981. The summed E-state index contributed by atoms with van der Waals surface area (Å²) in [7, 11) is 0. The van der Waals surface area contributed by atoms with E-state index in [1.807, 2.05) is 18.7 Å². The van der Waals surface area contributed by atoms with Crippen molar-refractivity contribution in [2.24, 2.45) is 17.1 Å². The minimum atomic E-state index is -0.320. The number of nitrogens with zero attached hydrogens (tertiary/aromatic N) is 1. The van der Waals surface area contributed by atoms with Gasteiger partial charge < -0.3 is 15.7 Å². The molecule has 1 aliphatic rings. The molecule has 0 spiro atoms. The summed E-state index contributed by atoms with van der Waals surface area (Å²) in [6.45, 7) is 7.39. The first-order valence-corrected chi connectivity index (χ1v) is 6.59. The van der Waals surface area contributed by atoms with Gasteiger partial charge in [0, 0.05) is 25.7 Å². The summed E-state index contributed by atoms with van der Waals surface area (Å²) in [5, 5.41) is 8.89. The molecule has 0 aromatic heterocycles. The van der Waals surface area contributed by atoms with E-state index in [0.717, 1.165) is 12.8 Å². The van der Waals surface area contributed by atoms with Crippen molar-refractivity contribution in [2.45, 2.75) is 46.1 Å². The SMILES string of the molecule is CC1CC(CN)(C(=O)N(CCCO)C(C)C)C1. The summed E-state index contributed by atoms with van der Waals surface area (Å²) >= 11 is 0. The maximum absolute atomic E-state index is 12.5. The zero-order chi connectivity index (χ0) is 13.1. The Kier molecular flexibility index (Phi) is 4.95. The number of carbonyl (C=O) groups is 1. The van der Waals surface area contributed by atoms with Crippen molar-refractivity contribution in [3.63, 3.8) is 0 Å². The first-order chi connectivity index (χ1) is 7.96.